The number of nitrogens with one attached hydrogen (secondary N) is 14. The molecule has 0 bridgehead atoms. The van der Waals surface area contributed by atoms with E-state index >= 15 is 0 Å². The van der Waals surface area contributed by atoms with Crippen LogP contribution >= 0.6 is 11.8 Å². The van der Waals surface area contributed by atoms with Crippen LogP contribution in [-0.4, -0.2) is 266 Å². The van der Waals surface area contributed by atoms with Crippen LogP contribution in [0.3, 0.4) is 0 Å². The van der Waals surface area contributed by atoms with Crippen LogP contribution in [0.4, 0.5) is 0 Å². The second-order valence-corrected chi connectivity index (χ2v) is 25.2. The molecular formula is C60H101N17O25S. The van der Waals surface area contributed by atoms with E-state index in [1.54, 1.807) is 20.1 Å². The molecule has 0 aromatic carbocycles. The molecule has 0 aliphatic rings. The molecule has 582 valence electrons. The molecule has 14 atom stereocenters. The fraction of sp³-hybridized carbons (Fsp3) is 0.683. The predicted octanol–water partition coefficient (Wildman–Crippen LogP) is -9.31. The van der Waals surface area contributed by atoms with Crippen LogP contribution in [-0.2, 0) is 91.1 Å². The van der Waals surface area contributed by atoms with Crippen molar-refractivity contribution in [1.82, 2.24) is 74.4 Å². The first-order chi connectivity index (χ1) is 48.1. The van der Waals surface area contributed by atoms with Crippen molar-refractivity contribution < 1.29 is 122 Å². The summed E-state index contributed by atoms with van der Waals surface area (Å²) in [5.41, 5.74) is 16.5. The van der Waals surface area contributed by atoms with Crippen LogP contribution in [0.5, 0.6) is 0 Å². The number of aliphatic hydroxyl groups is 2. The van der Waals surface area contributed by atoms with Crippen LogP contribution < -0.4 is 91.6 Å². The van der Waals surface area contributed by atoms with Gasteiger partial charge in [-0.25, -0.2) is 4.79 Å². The molecule has 43 heteroatoms. The van der Waals surface area contributed by atoms with E-state index in [2.05, 4.69) is 74.4 Å². The summed E-state index contributed by atoms with van der Waals surface area (Å²) in [6.45, 7) is 6.56. The molecule has 0 fully saturated rings. The van der Waals surface area contributed by atoms with Crippen molar-refractivity contribution in [3.63, 3.8) is 0 Å². The van der Waals surface area contributed by atoms with E-state index in [4.69, 9.17) is 22.3 Å². The quantitative estimate of drug-likeness (QED) is 0.0252. The number of hydrogen-bond acceptors (Lipinski definition) is 24. The summed E-state index contributed by atoms with van der Waals surface area (Å²) in [5, 5.41) is 89.0. The maximum absolute atomic E-state index is 14.0. The molecule has 0 rings (SSSR count). The van der Waals surface area contributed by atoms with Gasteiger partial charge in [0.15, 0.2) is 0 Å². The molecule has 0 aromatic heterocycles. The number of thioether (sulfide) groups is 1. The van der Waals surface area contributed by atoms with Gasteiger partial charge in [-0.05, 0) is 117 Å². The average molecular weight is 1490 g/mol. The Bertz CT molecular complexity index is 2980. The Hall–Kier alpha value is -9.88. The number of primary amides is 1. The van der Waals surface area contributed by atoms with E-state index in [1.165, 1.54) is 25.6 Å². The topological polar surface area (TPSA) is 692 Å². The number of rotatable bonds is 52. The van der Waals surface area contributed by atoms with Crippen molar-refractivity contribution in [2.45, 2.75) is 217 Å². The van der Waals surface area contributed by atoms with Gasteiger partial charge in [0.2, 0.25) is 88.6 Å². The standard InChI is InChI=1S/C60H101N17O25S/c1-27(2)23-40(76-59(100)41(26-79)77-51(92)32(7)69-54(95)35(12-16-42(63)80)73-57(98)38(20-22-103-8)72-52(93)33(62)25-78)58(99)74-37(14-18-45(84)85)56(97)68-31(6)49(90)71-36(13-17-44(82)83)55(96)67-30(5)48(89)70-34(11-9-10-21-61)53(94)64-24-43(81)65-28(3)47(88)66-29(4)50(91)75-39(60(101)102)15-19-46(86)87/h27-41,78-79H,9-26,61-62H2,1-8H3,(H2,63,80)(H,64,94)(H,65,81)(H,66,88)(H,67,96)(H,68,97)(H,69,95)(H,70,89)(H,71,90)(H,72,93)(H,73,98)(H,74,99)(H,75,91)(H,76,100)(H,77,92)(H,82,83)(H,84,85)(H,86,87)(H,101,102)/t28-,29-,30-,31-,32-,33-,34-,35-,36-,37-,38-,39-,40-,41-/m0/s1. The Morgan fingerprint density at radius 3 is 1.07 bits per heavy atom. The second kappa shape index (κ2) is 48.9. The maximum Gasteiger partial charge on any atom is 0.326 e. The third kappa shape index (κ3) is 38.1. The van der Waals surface area contributed by atoms with Crippen molar-refractivity contribution in [1.29, 1.82) is 0 Å². The van der Waals surface area contributed by atoms with Crippen LogP contribution in [0.2, 0.25) is 0 Å². The Morgan fingerprint density at radius 1 is 0.359 bits per heavy atom. The smallest absolute Gasteiger partial charge is 0.326 e. The monoisotopic (exact) mass is 1490 g/mol. The Labute approximate surface area is 596 Å². The van der Waals surface area contributed by atoms with E-state index in [0.29, 0.717) is 12.2 Å². The van der Waals surface area contributed by atoms with Gasteiger partial charge in [0.05, 0.1) is 19.8 Å². The number of carbonyl (C=O) groups excluding carboxylic acids is 15. The lowest BCUT2D eigenvalue weighted by Gasteiger charge is -2.27. The summed E-state index contributed by atoms with van der Waals surface area (Å²) in [7, 11) is 0. The molecule has 0 aromatic rings. The SMILES string of the molecule is CSCC[C@H](NC(=O)[C@@H](N)CO)C(=O)N[C@@H](CCC(N)=O)C(=O)N[C@@H](C)C(=O)N[C@@H](CO)C(=O)N[C@@H](CC(C)C)C(=O)N[C@@H](CCC(=O)O)C(=O)N[C@@H](C)C(=O)N[C@@H](CCC(=O)O)C(=O)N[C@@H](C)C(=O)N[C@@H](CCCCN)C(=O)NCC(=O)N[C@@H](C)C(=O)N[C@@H](C)C(=O)N[C@@H](CCC(=O)O)C(=O)O. The number of carboxylic acid groups (broad SMARTS) is 4. The number of carboxylic acids is 4. The van der Waals surface area contributed by atoms with Crippen molar-refractivity contribution >= 4 is 124 Å². The van der Waals surface area contributed by atoms with Crippen LogP contribution in [0.1, 0.15) is 132 Å². The number of hydrogen-bond donors (Lipinski definition) is 23. The third-order valence-corrected chi connectivity index (χ3v) is 15.5. The van der Waals surface area contributed by atoms with E-state index < -0.39 is 274 Å². The lowest BCUT2D eigenvalue weighted by atomic mass is 10.0. The summed E-state index contributed by atoms with van der Waals surface area (Å²) >= 11 is 1.31. The zero-order chi connectivity index (χ0) is 79.0. The van der Waals surface area contributed by atoms with Crippen molar-refractivity contribution in [2.75, 3.05) is 38.3 Å². The van der Waals surface area contributed by atoms with Crippen LogP contribution in [0.25, 0.3) is 0 Å². The zero-order valence-electron chi connectivity index (χ0n) is 58.5. The summed E-state index contributed by atoms with van der Waals surface area (Å²) < 4.78 is 0. The summed E-state index contributed by atoms with van der Waals surface area (Å²) in [6, 6.07) is -21.6. The van der Waals surface area contributed by atoms with Crippen LogP contribution in [0, 0.1) is 5.92 Å². The highest BCUT2D eigenvalue weighted by Gasteiger charge is 2.36. The van der Waals surface area contributed by atoms with Crippen molar-refractivity contribution in [3.05, 3.63) is 0 Å². The fourth-order valence-electron chi connectivity index (χ4n) is 8.87. The molecule has 103 heavy (non-hydrogen) atoms. The molecular weight excluding hydrogens is 1390 g/mol. The van der Waals surface area contributed by atoms with Gasteiger partial charge in [0, 0.05) is 25.7 Å². The Balaban J connectivity index is 6.27. The molecule has 0 radical (unpaired) electrons. The summed E-state index contributed by atoms with van der Waals surface area (Å²) in [4.78, 5) is 244. The number of aliphatic carboxylic acids is 4. The Kier molecular flexibility index (Phi) is 44.2. The van der Waals surface area contributed by atoms with Gasteiger partial charge in [0.25, 0.3) is 0 Å². The number of unbranched alkanes of at least 4 members (excludes halogenated alkanes) is 1. The first-order valence-corrected chi connectivity index (χ1v) is 34.1. The lowest BCUT2D eigenvalue weighted by molar-refractivity contribution is -0.143. The molecule has 0 aliphatic heterocycles. The maximum atomic E-state index is 14.0. The summed E-state index contributed by atoms with van der Waals surface area (Å²) in [5.74, 6) is -21.2. The van der Waals surface area contributed by atoms with Gasteiger partial charge < -0.3 is 122 Å². The van der Waals surface area contributed by atoms with Gasteiger partial charge in [-0.2, -0.15) is 11.8 Å². The lowest BCUT2D eigenvalue weighted by Crippen LogP contribution is -2.60. The van der Waals surface area contributed by atoms with Gasteiger partial charge in [-0.3, -0.25) is 86.3 Å². The number of aliphatic hydroxyl groups excluding tert-OH is 2. The Morgan fingerprint density at radius 2 is 0.680 bits per heavy atom. The molecule has 15 amide bonds. The fourth-order valence-corrected chi connectivity index (χ4v) is 9.35. The predicted molar refractivity (Wildman–Crippen MR) is 361 cm³/mol. The first-order valence-electron chi connectivity index (χ1n) is 32.7. The molecule has 0 saturated heterocycles. The minimum Gasteiger partial charge on any atom is -0.481 e. The molecule has 0 saturated carbocycles. The van der Waals surface area contributed by atoms with Crippen molar-refractivity contribution in [3.8, 4) is 0 Å². The highest BCUT2D eigenvalue weighted by molar-refractivity contribution is 7.98. The molecule has 26 N–H and O–H groups in total. The molecule has 0 heterocycles. The first kappa shape index (κ1) is 93.1. The van der Waals surface area contributed by atoms with Gasteiger partial charge >= 0.3 is 23.9 Å². The molecule has 0 spiro atoms. The molecule has 0 aliphatic carbocycles. The van der Waals surface area contributed by atoms with Crippen LogP contribution in [0.15, 0.2) is 0 Å². The molecule has 42 nitrogen and oxygen atoms in total. The average Bonchev–Trinajstić information content (AvgIpc) is 0.874. The highest BCUT2D eigenvalue weighted by Crippen LogP contribution is 2.11. The number of nitrogens with two attached hydrogens (primary N) is 3. The minimum atomic E-state index is -1.84. The van der Waals surface area contributed by atoms with E-state index in [0.717, 1.165) is 20.8 Å². The largest absolute Gasteiger partial charge is 0.481 e. The second-order valence-electron chi connectivity index (χ2n) is 24.2. The van der Waals surface area contributed by atoms with Gasteiger partial charge in [-0.15, -0.1) is 0 Å². The van der Waals surface area contributed by atoms with Gasteiger partial charge in [0.1, 0.15) is 84.6 Å². The van der Waals surface area contributed by atoms with E-state index in [1.807, 2.05) is 0 Å². The number of amides is 15. The van der Waals surface area contributed by atoms with Gasteiger partial charge in [-0.1, -0.05) is 13.8 Å². The summed E-state index contributed by atoms with van der Waals surface area (Å²) in [6.07, 6.45) is -2.55. The van der Waals surface area contributed by atoms with E-state index in [9.17, 15) is 117 Å². The zero-order valence-corrected chi connectivity index (χ0v) is 59.3. The molecule has 0 unspecified atom stereocenters. The highest BCUT2D eigenvalue weighted by atomic mass is 32.2. The third-order valence-electron chi connectivity index (χ3n) is 14.8. The van der Waals surface area contributed by atoms with Crippen molar-refractivity contribution in [2.24, 2.45) is 23.1 Å². The normalized spacial score (nSPS) is 15.0. The van der Waals surface area contributed by atoms with E-state index in [-0.39, 0.29) is 32.2 Å². The minimum absolute atomic E-state index is 0.0334. The number of carbonyl (C=O) groups is 19.